The average molecular weight is 383 g/mol. The van der Waals surface area contributed by atoms with Crippen molar-refractivity contribution in [1.82, 2.24) is 9.97 Å². The maximum Gasteiger partial charge on any atom is 0.142 e. The van der Waals surface area contributed by atoms with Crippen LogP contribution in [0.2, 0.25) is 10.3 Å². The van der Waals surface area contributed by atoms with Gasteiger partial charge in [-0.2, -0.15) is 0 Å². The highest BCUT2D eigenvalue weighted by Gasteiger charge is 2.21. The third-order valence-corrected chi connectivity index (χ3v) is 3.71. The molecule has 25 heavy (non-hydrogen) atoms. The number of hydrogen-bond donors (Lipinski definition) is 0. The first kappa shape index (κ1) is 19.1. The van der Waals surface area contributed by atoms with Gasteiger partial charge in [0.2, 0.25) is 0 Å². The van der Waals surface area contributed by atoms with E-state index in [9.17, 15) is 8.78 Å². The number of halogens is 4. The third kappa shape index (κ3) is 4.90. The van der Waals surface area contributed by atoms with Crippen molar-refractivity contribution in [1.29, 1.82) is 0 Å². The molecule has 0 bridgehead atoms. The lowest BCUT2D eigenvalue weighted by Crippen LogP contribution is -2.01. The lowest BCUT2D eigenvalue weighted by molar-refractivity contribution is 0.587. The molecule has 2 rings (SSSR count). The number of rotatable bonds is 6. The summed E-state index contributed by atoms with van der Waals surface area (Å²) < 4.78 is 28.3. The average Bonchev–Trinajstić information content (AvgIpc) is 2.52. The SMILES string of the molecule is C=N/C=C\N=CCCc1nc(Cl)c(-c2c(F)cc(C)cc2F)c(Cl)n1. The molecule has 1 aromatic heterocycles. The zero-order valence-electron chi connectivity index (χ0n) is 13.3. The van der Waals surface area contributed by atoms with E-state index < -0.39 is 11.6 Å². The van der Waals surface area contributed by atoms with Crippen LogP contribution in [0, 0.1) is 18.6 Å². The van der Waals surface area contributed by atoms with E-state index in [2.05, 4.69) is 26.7 Å². The summed E-state index contributed by atoms with van der Waals surface area (Å²) in [5.41, 5.74) is 0.0510. The number of nitrogens with zero attached hydrogens (tertiary/aromatic N) is 4. The molecule has 0 saturated carbocycles. The molecule has 2 aromatic rings. The number of aliphatic imine (C=N–C) groups is 2. The summed E-state index contributed by atoms with van der Waals surface area (Å²) in [4.78, 5) is 15.6. The Kier molecular flexibility index (Phi) is 6.73. The largest absolute Gasteiger partial charge is 0.271 e. The lowest BCUT2D eigenvalue weighted by atomic mass is 10.1. The van der Waals surface area contributed by atoms with Gasteiger partial charge in [-0.05, 0) is 37.8 Å². The van der Waals surface area contributed by atoms with Crippen LogP contribution in [0.5, 0.6) is 0 Å². The predicted octanol–water partition coefficient (Wildman–Crippen LogP) is 5.21. The minimum absolute atomic E-state index is 0.0595. The summed E-state index contributed by atoms with van der Waals surface area (Å²) in [7, 11) is 0. The van der Waals surface area contributed by atoms with E-state index in [1.165, 1.54) is 24.5 Å². The van der Waals surface area contributed by atoms with Gasteiger partial charge in [-0.15, -0.1) is 0 Å². The van der Waals surface area contributed by atoms with Gasteiger partial charge in [0.15, 0.2) is 0 Å². The Balaban J connectivity index is 2.28. The molecular formula is C17H14Cl2F2N4. The first-order valence-corrected chi connectivity index (χ1v) is 8.00. The topological polar surface area (TPSA) is 50.5 Å². The van der Waals surface area contributed by atoms with Crippen molar-refractivity contribution in [3.8, 4) is 11.1 Å². The fourth-order valence-corrected chi connectivity index (χ4v) is 2.73. The Morgan fingerprint density at radius 3 is 2.24 bits per heavy atom. The van der Waals surface area contributed by atoms with Gasteiger partial charge in [0.05, 0.1) is 11.1 Å². The minimum Gasteiger partial charge on any atom is -0.271 e. The van der Waals surface area contributed by atoms with Gasteiger partial charge >= 0.3 is 0 Å². The van der Waals surface area contributed by atoms with Crippen molar-refractivity contribution in [3.63, 3.8) is 0 Å². The molecule has 1 aromatic carbocycles. The molecule has 0 spiro atoms. The normalized spacial score (nSPS) is 11.6. The Labute approximate surface area is 154 Å². The monoisotopic (exact) mass is 382 g/mol. The van der Waals surface area contributed by atoms with Crippen molar-refractivity contribution in [2.24, 2.45) is 9.98 Å². The fraction of sp³-hybridized carbons (Fsp3) is 0.176. The van der Waals surface area contributed by atoms with Gasteiger partial charge in [0.1, 0.15) is 27.8 Å². The van der Waals surface area contributed by atoms with E-state index in [-0.39, 0.29) is 21.4 Å². The molecule has 0 saturated heterocycles. The summed E-state index contributed by atoms with van der Waals surface area (Å²) in [6.07, 6.45) is 5.51. The smallest absolute Gasteiger partial charge is 0.142 e. The van der Waals surface area contributed by atoms with E-state index in [0.29, 0.717) is 24.2 Å². The van der Waals surface area contributed by atoms with Crippen LogP contribution in [0.25, 0.3) is 11.1 Å². The highest BCUT2D eigenvalue weighted by molar-refractivity contribution is 6.37. The molecule has 0 atom stereocenters. The van der Waals surface area contributed by atoms with E-state index in [1.807, 2.05) is 0 Å². The molecule has 8 heteroatoms. The van der Waals surface area contributed by atoms with Crippen molar-refractivity contribution < 1.29 is 8.78 Å². The molecule has 130 valence electrons. The Bertz CT molecular complexity index is 805. The number of hydrogen-bond acceptors (Lipinski definition) is 4. The van der Waals surface area contributed by atoms with E-state index in [0.717, 1.165) is 0 Å². The highest BCUT2D eigenvalue weighted by Crippen LogP contribution is 2.36. The van der Waals surface area contributed by atoms with Gasteiger partial charge in [0.25, 0.3) is 0 Å². The molecule has 0 amide bonds. The standard InChI is InChI=1S/C17H14Cl2F2N4/c1-10-8-11(20)14(12(21)9-10)15-16(18)24-13(25-17(15)19)4-3-5-23-7-6-22-2/h5-9H,2-4H2,1H3/b7-6-,23-5?. The van der Waals surface area contributed by atoms with E-state index in [1.54, 1.807) is 13.1 Å². The molecule has 0 N–H and O–H groups in total. The summed E-state index contributed by atoms with van der Waals surface area (Å²) in [5.74, 6) is -1.19. The number of aromatic nitrogens is 2. The zero-order valence-corrected chi connectivity index (χ0v) is 14.8. The molecule has 1 heterocycles. The number of aryl methyl sites for hydroxylation is 2. The fourth-order valence-electron chi connectivity index (χ4n) is 2.12. The van der Waals surface area contributed by atoms with Crippen molar-refractivity contribution in [2.75, 3.05) is 0 Å². The molecule has 4 nitrogen and oxygen atoms in total. The number of benzene rings is 1. The van der Waals surface area contributed by atoms with Crippen molar-refractivity contribution in [2.45, 2.75) is 19.8 Å². The second-order valence-electron chi connectivity index (χ2n) is 5.05. The van der Waals surface area contributed by atoms with Crippen LogP contribution < -0.4 is 0 Å². The zero-order chi connectivity index (χ0) is 18.4. The predicted molar refractivity (Wildman–Crippen MR) is 97.6 cm³/mol. The summed E-state index contributed by atoms with van der Waals surface area (Å²) in [6, 6.07) is 2.39. The Hall–Kier alpha value is -2.18. The summed E-state index contributed by atoms with van der Waals surface area (Å²) >= 11 is 12.2. The van der Waals surface area contributed by atoms with Gasteiger partial charge in [-0.25, -0.2) is 18.7 Å². The second-order valence-corrected chi connectivity index (χ2v) is 5.77. The van der Waals surface area contributed by atoms with Crippen LogP contribution in [0.3, 0.4) is 0 Å². The van der Waals surface area contributed by atoms with Crippen LogP contribution in [0.15, 0.2) is 34.5 Å². The summed E-state index contributed by atoms with van der Waals surface area (Å²) in [6.45, 7) is 4.87. The van der Waals surface area contributed by atoms with Crippen LogP contribution >= 0.6 is 23.2 Å². The Morgan fingerprint density at radius 1 is 1.08 bits per heavy atom. The first-order valence-electron chi connectivity index (χ1n) is 7.24. The van der Waals surface area contributed by atoms with Crippen LogP contribution in [-0.2, 0) is 6.42 Å². The minimum atomic E-state index is -0.771. The van der Waals surface area contributed by atoms with Crippen LogP contribution in [0.4, 0.5) is 8.78 Å². The highest BCUT2D eigenvalue weighted by atomic mass is 35.5. The lowest BCUT2D eigenvalue weighted by Gasteiger charge is -2.11. The quantitative estimate of drug-likeness (QED) is 0.508. The Morgan fingerprint density at radius 2 is 1.68 bits per heavy atom. The third-order valence-electron chi connectivity index (χ3n) is 3.16. The van der Waals surface area contributed by atoms with Crippen LogP contribution in [-0.4, -0.2) is 22.9 Å². The molecule has 0 unspecified atom stereocenters. The van der Waals surface area contributed by atoms with Gasteiger partial charge in [0, 0.05) is 25.0 Å². The van der Waals surface area contributed by atoms with Gasteiger partial charge in [-0.1, -0.05) is 23.2 Å². The molecule has 0 fully saturated rings. The van der Waals surface area contributed by atoms with E-state index in [4.69, 9.17) is 23.2 Å². The van der Waals surface area contributed by atoms with Gasteiger partial charge in [-0.3, -0.25) is 9.98 Å². The molecule has 0 radical (unpaired) electrons. The van der Waals surface area contributed by atoms with Crippen LogP contribution in [0.1, 0.15) is 17.8 Å². The maximum atomic E-state index is 14.2. The van der Waals surface area contributed by atoms with E-state index >= 15 is 0 Å². The van der Waals surface area contributed by atoms with Crippen molar-refractivity contribution in [3.05, 3.63) is 57.9 Å². The second kappa shape index (κ2) is 8.78. The summed E-state index contributed by atoms with van der Waals surface area (Å²) in [5, 5.41) is -0.214. The van der Waals surface area contributed by atoms with Crippen molar-refractivity contribution >= 4 is 36.1 Å². The molecule has 0 aliphatic rings. The molecular weight excluding hydrogens is 369 g/mol. The first-order chi connectivity index (χ1) is 11.9. The maximum absolute atomic E-state index is 14.2. The molecule has 0 aliphatic heterocycles. The molecule has 0 aliphatic carbocycles. The van der Waals surface area contributed by atoms with Gasteiger partial charge < -0.3 is 0 Å².